The number of hydrogen-bond donors (Lipinski definition) is 2. The maximum absolute atomic E-state index is 12.1. The van der Waals surface area contributed by atoms with Crippen molar-refractivity contribution in [2.45, 2.75) is 19.4 Å². The molecule has 1 aliphatic rings. The van der Waals surface area contributed by atoms with Gasteiger partial charge in [-0.2, -0.15) is 5.10 Å². The molecule has 88 valence electrons. The molecule has 0 aromatic carbocycles. The normalized spacial score (nSPS) is 17.3. The number of nitrogens with zero attached hydrogens (tertiary/aromatic N) is 3. The number of hydrogen-bond acceptors (Lipinski definition) is 4. The predicted molar refractivity (Wildman–Crippen MR) is 58.5 cm³/mol. The summed E-state index contributed by atoms with van der Waals surface area (Å²) in [6.45, 7) is 2.38. The van der Waals surface area contributed by atoms with Crippen LogP contribution in [0.3, 0.4) is 0 Å². The SMILES string of the molecule is CN(Cc1ncn[nH]1)C(=O)C1CCNCC1. The Morgan fingerprint density at radius 1 is 1.56 bits per heavy atom. The summed E-state index contributed by atoms with van der Waals surface area (Å²) in [5.41, 5.74) is 0. The van der Waals surface area contributed by atoms with E-state index in [1.807, 2.05) is 7.05 Å². The third-order valence-electron chi connectivity index (χ3n) is 2.92. The van der Waals surface area contributed by atoms with Gasteiger partial charge in [0, 0.05) is 13.0 Å². The number of carbonyl (C=O) groups is 1. The fourth-order valence-corrected chi connectivity index (χ4v) is 1.99. The van der Waals surface area contributed by atoms with Crippen molar-refractivity contribution in [1.82, 2.24) is 25.4 Å². The molecule has 1 saturated heterocycles. The quantitative estimate of drug-likeness (QED) is 0.742. The molecular formula is C10H17N5O. The van der Waals surface area contributed by atoms with Crippen LogP contribution < -0.4 is 5.32 Å². The van der Waals surface area contributed by atoms with Gasteiger partial charge in [0.25, 0.3) is 0 Å². The largest absolute Gasteiger partial charge is 0.338 e. The van der Waals surface area contributed by atoms with Crippen molar-refractivity contribution in [3.63, 3.8) is 0 Å². The monoisotopic (exact) mass is 223 g/mol. The van der Waals surface area contributed by atoms with Gasteiger partial charge >= 0.3 is 0 Å². The van der Waals surface area contributed by atoms with Gasteiger partial charge in [0.15, 0.2) is 0 Å². The Hall–Kier alpha value is -1.43. The summed E-state index contributed by atoms with van der Waals surface area (Å²) in [4.78, 5) is 17.8. The highest BCUT2D eigenvalue weighted by atomic mass is 16.2. The zero-order valence-corrected chi connectivity index (χ0v) is 9.44. The van der Waals surface area contributed by atoms with Crippen molar-refractivity contribution < 1.29 is 4.79 Å². The number of carbonyl (C=O) groups excluding carboxylic acids is 1. The van der Waals surface area contributed by atoms with Crippen LogP contribution in [0.15, 0.2) is 6.33 Å². The second kappa shape index (κ2) is 5.07. The van der Waals surface area contributed by atoms with Gasteiger partial charge in [-0.1, -0.05) is 0 Å². The Morgan fingerprint density at radius 3 is 2.94 bits per heavy atom. The van der Waals surface area contributed by atoms with Crippen molar-refractivity contribution in [2.75, 3.05) is 20.1 Å². The van der Waals surface area contributed by atoms with Crippen LogP contribution in [0, 0.1) is 5.92 Å². The van der Waals surface area contributed by atoms with Gasteiger partial charge < -0.3 is 10.2 Å². The number of H-pyrrole nitrogens is 1. The molecule has 2 heterocycles. The van der Waals surface area contributed by atoms with Crippen molar-refractivity contribution >= 4 is 5.91 Å². The lowest BCUT2D eigenvalue weighted by molar-refractivity contribution is -0.135. The van der Waals surface area contributed by atoms with E-state index >= 15 is 0 Å². The minimum atomic E-state index is 0.161. The fourth-order valence-electron chi connectivity index (χ4n) is 1.99. The van der Waals surface area contributed by atoms with Gasteiger partial charge in [-0.15, -0.1) is 0 Å². The van der Waals surface area contributed by atoms with Crippen LogP contribution >= 0.6 is 0 Å². The van der Waals surface area contributed by atoms with Gasteiger partial charge in [-0.3, -0.25) is 9.89 Å². The molecule has 1 aliphatic heterocycles. The van der Waals surface area contributed by atoms with Gasteiger partial charge in [0.1, 0.15) is 12.2 Å². The summed E-state index contributed by atoms with van der Waals surface area (Å²) < 4.78 is 0. The lowest BCUT2D eigenvalue weighted by atomic mass is 9.97. The summed E-state index contributed by atoms with van der Waals surface area (Å²) in [7, 11) is 1.81. The van der Waals surface area contributed by atoms with Crippen molar-refractivity contribution in [3.8, 4) is 0 Å². The summed E-state index contributed by atoms with van der Waals surface area (Å²) >= 11 is 0. The topological polar surface area (TPSA) is 73.9 Å². The number of aromatic amines is 1. The molecule has 0 unspecified atom stereocenters. The number of piperidine rings is 1. The molecule has 0 aliphatic carbocycles. The zero-order valence-electron chi connectivity index (χ0n) is 9.44. The molecule has 1 aromatic heterocycles. The fraction of sp³-hybridized carbons (Fsp3) is 0.700. The molecular weight excluding hydrogens is 206 g/mol. The molecule has 6 nitrogen and oxygen atoms in total. The molecule has 6 heteroatoms. The molecule has 2 N–H and O–H groups in total. The van der Waals surface area contributed by atoms with E-state index in [0.29, 0.717) is 6.54 Å². The summed E-state index contributed by atoms with van der Waals surface area (Å²) in [5.74, 6) is 1.09. The van der Waals surface area contributed by atoms with Crippen LogP contribution in [0.1, 0.15) is 18.7 Å². The molecule has 0 radical (unpaired) electrons. The van der Waals surface area contributed by atoms with Gasteiger partial charge in [-0.25, -0.2) is 4.98 Å². The van der Waals surface area contributed by atoms with Crippen LogP contribution in [0.5, 0.6) is 0 Å². The molecule has 0 atom stereocenters. The van der Waals surface area contributed by atoms with E-state index in [1.54, 1.807) is 4.90 Å². The van der Waals surface area contributed by atoms with Crippen molar-refractivity contribution in [2.24, 2.45) is 5.92 Å². The second-order valence-electron chi connectivity index (χ2n) is 4.15. The number of nitrogens with one attached hydrogen (secondary N) is 2. The van der Waals surface area contributed by atoms with Gasteiger partial charge in [0.2, 0.25) is 5.91 Å². The first-order chi connectivity index (χ1) is 7.77. The Kier molecular flexibility index (Phi) is 3.51. The second-order valence-corrected chi connectivity index (χ2v) is 4.15. The highest BCUT2D eigenvalue weighted by molar-refractivity contribution is 5.78. The molecule has 16 heavy (non-hydrogen) atoms. The minimum absolute atomic E-state index is 0.161. The minimum Gasteiger partial charge on any atom is -0.338 e. The number of rotatable bonds is 3. The first-order valence-corrected chi connectivity index (χ1v) is 5.57. The average molecular weight is 223 g/mol. The van der Waals surface area contributed by atoms with E-state index in [9.17, 15) is 4.79 Å². The molecule has 0 spiro atoms. The molecule has 0 saturated carbocycles. The van der Waals surface area contributed by atoms with E-state index in [1.165, 1.54) is 6.33 Å². The highest BCUT2D eigenvalue weighted by Gasteiger charge is 2.24. The molecule has 0 bridgehead atoms. The van der Waals surface area contributed by atoms with E-state index in [-0.39, 0.29) is 11.8 Å². The predicted octanol–water partition coefficient (Wildman–Crippen LogP) is -0.237. The van der Waals surface area contributed by atoms with E-state index in [2.05, 4.69) is 20.5 Å². The molecule has 1 amide bonds. The lowest BCUT2D eigenvalue weighted by Gasteiger charge is -2.26. The van der Waals surface area contributed by atoms with Gasteiger partial charge in [-0.05, 0) is 25.9 Å². The van der Waals surface area contributed by atoms with Gasteiger partial charge in [0.05, 0.1) is 6.54 Å². The van der Waals surface area contributed by atoms with Crippen LogP contribution in [-0.4, -0.2) is 46.1 Å². The lowest BCUT2D eigenvalue weighted by Crippen LogP contribution is -2.39. The Bertz CT molecular complexity index is 331. The molecule has 1 aromatic rings. The van der Waals surface area contributed by atoms with Crippen molar-refractivity contribution in [3.05, 3.63) is 12.2 Å². The first kappa shape index (κ1) is 11.1. The Morgan fingerprint density at radius 2 is 2.31 bits per heavy atom. The molecule has 1 fully saturated rings. The highest BCUT2D eigenvalue weighted by Crippen LogP contribution is 2.15. The van der Waals surface area contributed by atoms with Crippen LogP contribution in [0.2, 0.25) is 0 Å². The Labute approximate surface area is 94.4 Å². The van der Waals surface area contributed by atoms with E-state index < -0.39 is 0 Å². The van der Waals surface area contributed by atoms with Crippen LogP contribution in [0.4, 0.5) is 0 Å². The summed E-state index contributed by atoms with van der Waals surface area (Å²) in [5, 5.41) is 9.78. The van der Waals surface area contributed by atoms with E-state index in [4.69, 9.17) is 0 Å². The third-order valence-corrected chi connectivity index (χ3v) is 2.92. The van der Waals surface area contributed by atoms with E-state index in [0.717, 1.165) is 31.8 Å². The Balaban J connectivity index is 1.88. The number of aromatic nitrogens is 3. The smallest absolute Gasteiger partial charge is 0.225 e. The summed E-state index contributed by atoms with van der Waals surface area (Å²) in [6, 6.07) is 0. The van der Waals surface area contributed by atoms with Crippen LogP contribution in [-0.2, 0) is 11.3 Å². The first-order valence-electron chi connectivity index (χ1n) is 5.57. The van der Waals surface area contributed by atoms with Crippen LogP contribution in [0.25, 0.3) is 0 Å². The number of amides is 1. The maximum atomic E-state index is 12.1. The zero-order chi connectivity index (χ0) is 11.4. The standard InChI is InChI=1S/C10H17N5O/c1-15(6-9-12-7-13-14-9)10(16)8-2-4-11-5-3-8/h7-8,11H,2-6H2,1H3,(H,12,13,14). The summed E-state index contributed by atoms with van der Waals surface area (Å²) in [6.07, 6.45) is 3.32. The average Bonchev–Trinajstić information content (AvgIpc) is 2.82. The van der Waals surface area contributed by atoms with Crippen molar-refractivity contribution in [1.29, 1.82) is 0 Å². The third kappa shape index (κ3) is 2.57. The molecule has 2 rings (SSSR count). The maximum Gasteiger partial charge on any atom is 0.225 e.